The number of fused-ring (bicyclic) bond motifs is 1. The van der Waals surface area contributed by atoms with Crippen LogP contribution >= 0.6 is 34.5 Å². The van der Waals surface area contributed by atoms with Gasteiger partial charge < -0.3 is 20.7 Å². The van der Waals surface area contributed by atoms with Crippen LogP contribution in [-0.4, -0.2) is 47.1 Å². The third kappa shape index (κ3) is 6.92. The second-order valence-electron chi connectivity index (χ2n) is 10.6. The van der Waals surface area contributed by atoms with Crippen LogP contribution in [0.2, 0.25) is 10.0 Å². The molecule has 1 fully saturated rings. The van der Waals surface area contributed by atoms with E-state index in [9.17, 15) is 4.79 Å². The van der Waals surface area contributed by atoms with Gasteiger partial charge in [0, 0.05) is 60.5 Å². The lowest BCUT2D eigenvalue weighted by Gasteiger charge is -2.16. The van der Waals surface area contributed by atoms with Gasteiger partial charge in [0.25, 0.3) is 0 Å². The van der Waals surface area contributed by atoms with Crippen LogP contribution in [0, 0.1) is 11.3 Å². The predicted molar refractivity (Wildman–Crippen MR) is 183 cm³/mol. The molecule has 0 unspecified atom stereocenters. The molecule has 46 heavy (non-hydrogen) atoms. The lowest BCUT2D eigenvalue weighted by molar-refractivity contribution is -0.119. The number of nitrogens with one attached hydrogen (secondary N) is 4. The lowest BCUT2D eigenvalue weighted by Crippen LogP contribution is -2.35. The summed E-state index contributed by atoms with van der Waals surface area (Å²) in [6.07, 6.45) is 3.13. The molecule has 6 rings (SSSR count). The largest absolute Gasteiger partial charge is 0.481 e. The molecule has 3 aromatic heterocycles. The van der Waals surface area contributed by atoms with Gasteiger partial charge in [-0.25, -0.2) is 15.0 Å². The standard InChI is InChI=1S/C33H30Cl2N8O2S/c1-45-33-19(16-38-17-20-9-11-27(44)40-20)8-10-24(42-33)23-6-2-4-21(29(23)34)22-5-3-7-25(30(22)35)41-32-31-26(12-14-39-32)46-28(43-31)18-37-15-13-36/h2-8,10,12,14,20,37-38H,9,11,15-18H2,1H3,(H,39,41)(H,40,44)/t20-/m1/s1. The molecular formula is C33H30Cl2N8O2S. The minimum Gasteiger partial charge on any atom is -0.481 e. The van der Waals surface area contributed by atoms with Crippen molar-refractivity contribution >= 4 is 62.2 Å². The van der Waals surface area contributed by atoms with Gasteiger partial charge in [-0.1, -0.05) is 59.6 Å². The topological polar surface area (TPSA) is 137 Å². The summed E-state index contributed by atoms with van der Waals surface area (Å²) < 4.78 is 6.60. The quantitative estimate of drug-likeness (QED) is 0.0869. The van der Waals surface area contributed by atoms with E-state index in [4.69, 9.17) is 43.2 Å². The summed E-state index contributed by atoms with van der Waals surface area (Å²) in [5.41, 5.74) is 5.20. The Balaban J connectivity index is 1.24. The van der Waals surface area contributed by atoms with Gasteiger partial charge in [0.15, 0.2) is 5.82 Å². The van der Waals surface area contributed by atoms with Crippen molar-refractivity contribution in [2.24, 2.45) is 0 Å². The summed E-state index contributed by atoms with van der Waals surface area (Å²) in [6, 6.07) is 19.5. The number of ether oxygens (including phenoxy) is 1. The van der Waals surface area contributed by atoms with Crippen molar-refractivity contribution in [1.82, 2.24) is 30.9 Å². The normalized spacial score (nSPS) is 14.3. The van der Waals surface area contributed by atoms with Crippen LogP contribution in [-0.2, 0) is 17.9 Å². The number of thiazole rings is 1. The monoisotopic (exact) mass is 672 g/mol. The number of carbonyl (C=O) groups is 1. The summed E-state index contributed by atoms with van der Waals surface area (Å²) >= 11 is 15.6. The van der Waals surface area contributed by atoms with Gasteiger partial charge in [0.05, 0.1) is 45.9 Å². The minimum absolute atomic E-state index is 0.0977. The van der Waals surface area contributed by atoms with Gasteiger partial charge in [-0.15, -0.1) is 11.3 Å². The number of hydrogen-bond acceptors (Lipinski definition) is 10. The van der Waals surface area contributed by atoms with Crippen molar-refractivity contribution in [2.75, 3.05) is 25.5 Å². The first-order chi connectivity index (χ1) is 22.4. The number of anilines is 2. The van der Waals surface area contributed by atoms with Crippen molar-refractivity contribution in [1.29, 1.82) is 5.26 Å². The highest BCUT2D eigenvalue weighted by molar-refractivity contribution is 7.18. The zero-order valence-corrected chi connectivity index (χ0v) is 27.2. The Morgan fingerprint density at radius 1 is 1.02 bits per heavy atom. The number of hydrogen-bond donors (Lipinski definition) is 4. The van der Waals surface area contributed by atoms with E-state index >= 15 is 0 Å². The van der Waals surface area contributed by atoms with E-state index in [0.29, 0.717) is 59.2 Å². The van der Waals surface area contributed by atoms with E-state index in [1.807, 2.05) is 54.6 Å². The molecule has 4 heterocycles. The molecule has 2 aromatic carbocycles. The smallest absolute Gasteiger partial charge is 0.220 e. The van der Waals surface area contributed by atoms with Crippen LogP contribution in [0.25, 0.3) is 32.6 Å². The summed E-state index contributed by atoms with van der Waals surface area (Å²) in [7, 11) is 1.59. The molecular weight excluding hydrogens is 643 g/mol. The number of benzene rings is 2. The SMILES string of the molecule is COc1nc(-c2cccc(-c3cccc(Nc4nccc5sc(CNCC#N)nc45)c3Cl)c2Cl)ccc1CNC[C@H]1CCC(=O)N1. The van der Waals surface area contributed by atoms with Crippen LogP contribution in [0.1, 0.15) is 23.4 Å². The Hall–Kier alpha value is -4.31. The second kappa shape index (κ2) is 14.4. The summed E-state index contributed by atoms with van der Waals surface area (Å²) in [5.74, 6) is 1.18. The second-order valence-corrected chi connectivity index (χ2v) is 12.5. The highest BCUT2D eigenvalue weighted by atomic mass is 35.5. The Kier molecular flexibility index (Phi) is 9.92. The third-order valence-electron chi connectivity index (χ3n) is 7.57. The van der Waals surface area contributed by atoms with Gasteiger partial charge >= 0.3 is 0 Å². The van der Waals surface area contributed by atoms with E-state index in [-0.39, 0.29) is 18.5 Å². The maximum atomic E-state index is 11.5. The van der Waals surface area contributed by atoms with Crippen molar-refractivity contribution in [3.05, 3.63) is 81.4 Å². The Bertz CT molecular complexity index is 1940. The number of pyridine rings is 2. The number of rotatable bonds is 12. The van der Waals surface area contributed by atoms with E-state index in [0.717, 1.165) is 43.9 Å². The molecule has 0 bridgehead atoms. The van der Waals surface area contributed by atoms with Crippen molar-refractivity contribution in [2.45, 2.75) is 32.0 Å². The molecule has 10 nitrogen and oxygen atoms in total. The number of methoxy groups -OCH3 is 1. The van der Waals surface area contributed by atoms with Crippen LogP contribution < -0.4 is 26.0 Å². The Labute approximate surface area is 280 Å². The van der Waals surface area contributed by atoms with Crippen molar-refractivity contribution in [3.63, 3.8) is 0 Å². The van der Waals surface area contributed by atoms with Crippen LogP contribution in [0.5, 0.6) is 5.88 Å². The molecule has 1 saturated heterocycles. The van der Waals surface area contributed by atoms with Gasteiger partial charge in [0.1, 0.15) is 10.5 Å². The predicted octanol–water partition coefficient (Wildman–Crippen LogP) is 6.46. The summed E-state index contributed by atoms with van der Waals surface area (Å²) in [4.78, 5) is 25.5. The summed E-state index contributed by atoms with van der Waals surface area (Å²) in [6.45, 7) is 1.98. The fourth-order valence-electron chi connectivity index (χ4n) is 5.34. The first-order valence-electron chi connectivity index (χ1n) is 14.7. The molecule has 0 aliphatic carbocycles. The van der Waals surface area contributed by atoms with E-state index < -0.39 is 0 Å². The zero-order valence-electron chi connectivity index (χ0n) is 24.9. The molecule has 13 heteroatoms. The van der Waals surface area contributed by atoms with Gasteiger partial charge in [-0.2, -0.15) is 5.26 Å². The zero-order chi connectivity index (χ0) is 32.0. The van der Waals surface area contributed by atoms with Crippen molar-refractivity contribution in [3.8, 4) is 34.3 Å². The molecule has 1 aliphatic rings. The van der Waals surface area contributed by atoms with E-state index in [1.54, 1.807) is 24.6 Å². The molecule has 1 atom stereocenters. The first kappa shape index (κ1) is 31.7. The van der Waals surface area contributed by atoms with E-state index in [2.05, 4.69) is 32.3 Å². The van der Waals surface area contributed by atoms with E-state index in [1.165, 1.54) is 0 Å². The molecule has 4 N–H and O–H groups in total. The molecule has 0 radical (unpaired) electrons. The molecule has 1 amide bonds. The molecule has 0 spiro atoms. The fourth-order valence-corrected chi connectivity index (χ4v) is 6.87. The number of amides is 1. The molecule has 234 valence electrons. The number of nitriles is 1. The highest BCUT2D eigenvalue weighted by Gasteiger charge is 2.21. The van der Waals surface area contributed by atoms with Gasteiger partial charge in [0.2, 0.25) is 11.8 Å². The number of nitrogens with zero attached hydrogens (tertiary/aromatic N) is 4. The van der Waals surface area contributed by atoms with Crippen LogP contribution in [0.3, 0.4) is 0 Å². The van der Waals surface area contributed by atoms with Gasteiger partial charge in [-0.05, 0) is 24.6 Å². The lowest BCUT2D eigenvalue weighted by atomic mass is 10.00. The Morgan fingerprint density at radius 2 is 1.83 bits per heavy atom. The fraction of sp³-hybridized carbons (Fsp3) is 0.242. The number of halogens is 2. The molecule has 1 aliphatic heterocycles. The first-order valence-corrected chi connectivity index (χ1v) is 16.2. The average molecular weight is 674 g/mol. The minimum atomic E-state index is 0.0977. The van der Waals surface area contributed by atoms with Crippen LogP contribution in [0.4, 0.5) is 11.5 Å². The average Bonchev–Trinajstić information content (AvgIpc) is 3.68. The van der Waals surface area contributed by atoms with Gasteiger partial charge in [-0.3, -0.25) is 10.1 Å². The summed E-state index contributed by atoms with van der Waals surface area (Å²) in [5, 5.41) is 23.4. The number of aromatic nitrogens is 3. The maximum Gasteiger partial charge on any atom is 0.220 e. The maximum absolute atomic E-state index is 11.5. The van der Waals surface area contributed by atoms with Crippen LogP contribution in [0.15, 0.2) is 60.8 Å². The number of carbonyl (C=O) groups excluding carboxylic acids is 1. The third-order valence-corrected chi connectivity index (χ3v) is 9.41. The Morgan fingerprint density at radius 3 is 2.61 bits per heavy atom. The molecule has 5 aromatic rings. The van der Waals surface area contributed by atoms with Crippen molar-refractivity contribution < 1.29 is 9.53 Å². The highest BCUT2D eigenvalue weighted by Crippen LogP contribution is 2.42. The molecule has 0 saturated carbocycles.